The van der Waals surface area contributed by atoms with E-state index in [0.717, 1.165) is 18.2 Å². The number of piperazine rings is 1. The molecule has 4 rings (SSSR count). The summed E-state index contributed by atoms with van der Waals surface area (Å²) in [5, 5.41) is 1.81. The van der Waals surface area contributed by atoms with Gasteiger partial charge in [0.15, 0.2) is 4.96 Å². The van der Waals surface area contributed by atoms with Crippen molar-refractivity contribution in [2.24, 2.45) is 0 Å². The Balaban J connectivity index is 1.41. The third-order valence-corrected chi connectivity index (χ3v) is 5.32. The molecule has 9 heteroatoms. The lowest BCUT2D eigenvalue weighted by atomic mass is 10.1. The van der Waals surface area contributed by atoms with E-state index in [4.69, 9.17) is 0 Å². The summed E-state index contributed by atoms with van der Waals surface area (Å²) in [5.41, 5.74) is 0.311. The average molecular weight is 390 g/mol. The topological polar surface area (TPSA) is 57.9 Å². The molecule has 2 aromatic heterocycles. The average Bonchev–Trinajstić information content (AvgIpc) is 3.13. The van der Waals surface area contributed by atoms with Gasteiger partial charge in [0.25, 0.3) is 11.5 Å². The van der Waals surface area contributed by atoms with Gasteiger partial charge in [-0.2, -0.15) is 0 Å². The van der Waals surface area contributed by atoms with Gasteiger partial charge in [0.1, 0.15) is 11.6 Å². The Bertz CT molecular complexity index is 1060. The highest BCUT2D eigenvalue weighted by Gasteiger charge is 2.24. The second-order valence-corrected chi connectivity index (χ2v) is 7.21. The summed E-state index contributed by atoms with van der Waals surface area (Å²) in [7, 11) is 0. The number of thiazole rings is 1. The Hall–Kier alpha value is -2.65. The minimum absolute atomic E-state index is 0.119. The Morgan fingerprint density at radius 1 is 1.15 bits per heavy atom. The molecule has 1 aromatic carbocycles. The Morgan fingerprint density at radius 2 is 1.93 bits per heavy atom. The number of hydrogen-bond donors (Lipinski definition) is 0. The van der Waals surface area contributed by atoms with Crippen molar-refractivity contribution >= 4 is 22.2 Å². The van der Waals surface area contributed by atoms with Crippen LogP contribution >= 0.6 is 11.3 Å². The number of halogens is 2. The molecular formula is C18H16F2N4O2S. The third kappa shape index (κ3) is 3.60. The van der Waals surface area contributed by atoms with Gasteiger partial charge in [0.2, 0.25) is 0 Å². The van der Waals surface area contributed by atoms with Gasteiger partial charge in [-0.1, -0.05) is 0 Å². The molecule has 0 aliphatic carbocycles. The molecule has 0 unspecified atom stereocenters. The molecule has 0 bridgehead atoms. The molecule has 0 atom stereocenters. The lowest BCUT2D eigenvalue weighted by molar-refractivity contribution is 0.0622. The van der Waals surface area contributed by atoms with E-state index in [-0.39, 0.29) is 11.1 Å². The van der Waals surface area contributed by atoms with E-state index < -0.39 is 17.5 Å². The van der Waals surface area contributed by atoms with Crippen LogP contribution in [-0.2, 0) is 6.54 Å². The predicted molar refractivity (Wildman–Crippen MR) is 96.9 cm³/mol. The van der Waals surface area contributed by atoms with Crippen molar-refractivity contribution in [3.05, 3.63) is 69.1 Å². The molecule has 1 aliphatic rings. The standard InChI is InChI=1S/C18H16F2N4O2S/c19-12-1-2-15(20)14(9-12)17(26)23-5-3-22(4-6-23)11-13-10-16(25)24-7-8-27-18(24)21-13/h1-2,7-10H,3-6,11H2. The van der Waals surface area contributed by atoms with Crippen LogP contribution < -0.4 is 5.56 Å². The molecule has 3 heterocycles. The minimum atomic E-state index is -0.724. The summed E-state index contributed by atoms with van der Waals surface area (Å²) in [6.45, 7) is 2.42. The number of carbonyl (C=O) groups excluding carboxylic acids is 1. The number of benzene rings is 1. The number of carbonyl (C=O) groups is 1. The molecule has 0 radical (unpaired) electrons. The SMILES string of the molecule is O=C(c1cc(F)ccc1F)N1CCN(Cc2cc(=O)n3ccsc3n2)CC1. The number of fused-ring (bicyclic) bond motifs is 1. The van der Waals surface area contributed by atoms with Crippen molar-refractivity contribution in [1.82, 2.24) is 19.2 Å². The van der Waals surface area contributed by atoms with E-state index in [0.29, 0.717) is 43.4 Å². The molecular weight excluding hydrogens is 374 g/mol. The zero-order chi connectivity index (χ0) is 19.0. The zero-order valence-electron chi connectivity index (χ0n) is 14.3. The fraction of sp³-hybridized carbons (Fsp3) is 0.278. The van der Waals surface area contributed by atoms with Crippen LogP contribution in [0, 0.1) is 11.6 Å². The molecule has 27 heavy (non-hydrogen) atoms. The lowest BCUT2D eigenvalue weighted by Crippen LogP contribution is -2.48. The summed E-state index contributed by atoms with van der Waals surface area (Å²) in [4.78, 5) is 33.2. The summed E-state index contributed by atoms with van der Waals surface area (Å²) < 4.78 is 28.6. The van der Waals surface area contributed by atoms with E-state index in [1.807, 2.05) is 5.38 Å². The maximum absolute atomic E-state index is 13.8. The van der Waals surface area contributed by atoms with Gasteiger partial charge in [-0.25, -0.2) is 13.8 Å². The predicted octanol–water partition coefficient (Wildman–Crippen LogP) is 1.99. The largest absolute Gasteiger partial charge is 0.336 e. The second-order valence-electron chi connectivity index (χ2n) is 6.33. The summed E-state index contributed by atoms with van der Waals surface area (Å²) >= 11 is 1.40. The van der Waals surface area contributed by atoms with Gasteiger partial charge in [-0.15, -0.1) is 11.3 Å². The lowest BCUT2D eigenvalue weighted by Gasteiger charge is -2.34. The van der Waals surface area contributed by atoms with E-state index in [1.54, 1.807) is 6.20 Å². The Morgan fingerprint density at radius 3 is 2.70 bits per heavy atom. The van der Waals surface area contributed by atoms with Gasteiger partial charge in [0, 0.05) is 50.4 Å². The highest BCUT2D eigenvalue weighted by molar-refractivity contribution is 7.15. The first kappa shape index (κ1) is 17.7. The van der Waals surface area contributed by atoms with Crippen LogP contribution in [0.2, 0.25) is 0 Å². The van der Waals surface area contributed by atoms with Crippen molar-refractivity contribution in [1.29, 1.82) is 0 Å². The summed E-state index contributed by atoms with van der Waals surface area (Å²) in [6, 6.07) is 4.39. The number of aromatic nitrogens is 2. The van der Waals surface area contributed by atoms with Crippen LogP contribution in [-0.4, -0.2) is 51.3 Å². The number of amides is 1. The van der Waals surface area contributed by atoms with E-state index in [9.17, 15) is 18.4 Å². The molecule has 140 valence electrons. The third-order valence-electron chi connectivity index (χ3n) is 4.56. The van der Waals surface area contributed by atoms with Crippen molar-refractivity contribution in [2.75, 3.05) is 26.2 Å². The smallest absolute Gasteiger partial charge is 0.258 e. The maximum atomic E-state index is 13.8. The van der Waals surface area contributed by atoms with Gasteiger partial charge in [-0.3, -0.25) is 18.9 Å². The van der Waals surface area contributed by atoms with Crippen LogP contribution in [0.25, 0.3) is 4.96 Å². The number of nitrogens with zero attached hydrogens (tertiary/aromatic N) is 4. The fourth-order valence-electron chi connectivity index (χ4n) is 3.14. The Labute approximate surface area is 157 Å². The van der Waals surface area contributed by atoms with Crippen LogP contribution in [0.4, 0.5) is 8.78 Å². The summed E-state index contributed by atoms with van der Waals surface area (Å²) in [5.74, 6) is -1.87. The zero-order valence-corrected chi connectivity index (χ0v) is 15.1. The minimum Gasteiger partial charge on any atom is -0.336 e. The quantitative estimate of drug-likeness (QED) is 0.686. The van der Waals surface area contributed by atoms with Crippen LogP contribution in [0.15, 0.2) is 40.6 Å². The highest BCUT2D eigenvalue weighted by atomic mass is 32.1. The first-order valence-electron chi connectivity index (χ1n) is 8.44. The molecule has 1 aliphatic heterocycles. The van der Waals surface area contributed by atoms with Crippen LogP contribution in [0.1, 0.15) is 16.1 Å². The monoisotopic (exact) mass is 390 g/mol. The van der Waals surface area contributed by atoms with Gasteiger partial charge >= 0.3 is 0 Å². The van der Waals surface area contributed by atoms with Gasteiger partial charge < -0.3 is 4.90 Å². The molecule has 6 nitrogen and oxygen atoms in total. The first-order valence-corrected chi connectivity index (χ1v) is 9.32. The van der Waals surface area contributed by atoms with Crippen LogP contribution in [0.3, 0.4) is 0 Å². The fourth-order valence-corrected chi connectivity index (χ4v) is 3.88. The van der Waals surface area contributed by atoms with Gasteiger partial charge in [-0.05, 0) is 18.2 Å². The Kier molecular flexibility index (Phi) is 4.71. The molecule has 3 aromatic rings. The summed E-state index contributed by atoms with van der Waals surface area (Å²) in [6.07, 6.45) is 1.69. The highest BCUT2D eigenvalue weighted by Crippen LogP contribution is 2.15. The van der Waals surface area contributed by atoms with E-state index in [1.165, 1.54) is 26.7 Å². The second kappa shape index (κ2) is 7.16. The molecule has 0 N–H and O–H groups in total. The van der Waals surface area contributed by atoms with Crippen molar-refractivity contribution in [3.8, 4) is 0 Å². The number of hydrogen-bond acceptors (Lipinski definition) is 5. The van der Waals surface area contributed by atoms with Crippen molar-refractivity contribution in [3.63, 3.8) is 0 Å². The van der Waals surface area contributed by atoms with Gasteiger partial charge in [0.05, 0.1) is 11.3 Å². The molecule has 1 amide bonds. The van der Waals surface area contributed by atoms with E-state index in [2.05, 4.69) is 9.88 Å². The molecule has 1 saturated heterocycles. The van der Waals surface area contributed by atoms with E-state index >= 15 is 0 Å². The molecule has 0 spiro atoms. The molecule has 1 fully saturated rings. The molecule has 0 saturated carbocycles. The van der Waals surface area contributed by atoms with Crippen molar-refractivity contribution < 1.29 is 13.6 Å². The van der Waals surface area contributed by atoms with Crippen LogP contribution in [0.5, 0.6) is 0 Å². The van der Waals surface area contributed by atoms with Crippen molar-refractivity contribution in [2.45, 2.75) is 6.54 Å². The number of rotatable bonds is 3. The normalized spacial score (nSPS) is 15.4. The first-order chi connectivity index (χ1) is 13.0. The maximum Gasteiger partial charge on any atom is 0.258 e.